The number of benzene rings is 2. The minimum atomic E-state index is -0.684. The molecule has 0 saturated carbocycles. The van der Waals surface area contributed by atoms with Crippen molar-refractivity contribution in [3.63, 3.8) is 0 Å². The van der Waals surface area contributed by atoms with E-state index in [1.165, 1.54) is 6.07 Å². The SMILES string of the molecule is O=C(CCNc1ccc(F)cc1F)NCc1ccccc1Cl. The zero-order chi connectivity index (χ0) is 15.9. The number of rotatable bonds is 6. The second kappa shape index (κ2) is 7.75. The summed E-state index contributed by atoms with van der Waals surface area (Å²) in [5, 5.41) is 6.08. The Kier molecular flexibility index (Phi) is 5.72. The molecule has 2 aromatic rings. The molecule has 0 radical (unpaired) electrons. The van der Waals surface area contributed by atoms with Crippen LogP contribution in [0.3, 0.4) is 0 Å². The van der Waals surface area contributed by atoms with Gasteiger partial charge in [0, 0.05) is 30.6 Å². The van der Waals surface area contributed by atoms with Crippen molar-refractivity contribution in [2.24, 2.45) is 0 Å². The highest BCUT2D eigenvalue weighted by molar-refractivity contribution is 6.31. The Morgan fingerprint density at radius 3 is 2.64 bits per heavy atom. The van der Waals surface area contributed by atoms with E-state index >= 15 is 0 Å². The molecule has 1 amide bonds. The number of anilines is 1. The highest BCUT2D eigenvalue weighted by Gasteiger charge is 2.06. The molecule has 0 aliphatic heterocycles. The zero-order valence-corrected chi connectivity index (χ0v) is 12.5. The molecule has 0 aromatic heterocycles. The van der Waals surface area contributed by atoms with Gasteiger partial charge in [0.15, 0.2) is 0 Å². The second-order valence-corrected chi connectivity index (χ2v) is 5.08. The van der Waals surface area contributed by atoms with Crippen LogP contribution in [-0.4, -0.2) is 12.5 Å². The number of nitrogens with one attached hydrogen (secondary N) is 2. The van der Waals surface area contributed by atoms with Crippen LogP contribution in [0, 0.1) is 11.6 Å². The van der Waals surface area contributed by atoms with Crippen LogP contribution in [-0.2, 0) is 11.3 Å². The summed E-state index contributed by atoms with van der Waals surface area (Å²) in [4.78, 5) is 11.7. The minimum Gasteiger partial charge on any atom is -0.382 e. The van der Waals surface area contributed by atoms with E-state index in [0.717, 1.165) is 17.7 Å². The molecule has 0 spiro atoms. The third kappa shape index (κ3) is 4.70. The highest BCUT2D eigenvalue weighted by Crippen LogP contribution is 2.15. The fourth-order valence-electron chi connectivity index (χ4n) is 1.87. The molecule has 6 heteroatoms. The van der Waals surface area contributed by atoms with Gasteiger partial charge in [0.1, 0.15) is 11.6 Å². The average molecular weight is 325 g/mol. The molecule has 3 nitrogen and oxygen atoms in total. The summed E-state index contributed by atoms with van der Waals surface area (Å²) < 4.78 is 26.1. The van der Waals surface area contributed by atoms with E-state index in [1.54, 1.807) is 6.07 Å². The number of hydrogen-bond acceptors (Lipinski definition) is 2. The Morgan fingerprint density at radius 1 is 1.14 bits per heavy atom. The van der Waals surface area contributed by atoms with E-state index in [9.17, 15) is 13.6 Å². The molecule has 0 bridgehead atoms. The number of carbonyl (C=O) groups is 1. The summed E-state index contributed by atoms with van der Waals surface area (Å²) in [6, 6.07) is 10.5. The Balaban J connectivity index is 1.75. The van der Waals surface area contributed by atoms with Gasteiger partial charge >= 0.3 is 0 Å². The monoisotopic (exact) mass is 324 g/mol. The van der Waals surface area contributed by atoms with Crippen molar-refractivity contribution < 1.29 is 13.6 Å². The van der Waals surface area contributed by atoms with Gasteiger partial charge in [-0.2, -0.15) is 0 Å². The maximum atomic E-state index is 13.4. The number of amides is 1. The molecule has 0 aliphatic carbocycles. The smallest absolute Gasteiger partial charge is 0.222 e. The molecule has 0 heterocycles. The van der Waals surface area contributed by atoms with Gasteiger partial charge in [-0.05, 0) is 23.8 Å². The van der Waals surface area contributed by atoms with Crippen LogP contribution < -0.4 is 10.6 Å². The fraction of sp³-hybridized carbons (Fsp3) is 0.188. The molecule has 0 saturated heterocycles. The molecule has 0 aliphatic rings. The third-order valence-electron chi connectivity index (χ3n) is 3.03. The average Bonchev–Trinajstić information content (AvgIpc) is 2.49. The first-order valence-corrected chi connectivity index (χ1v) is 7.13. The first-order valence-electron chi connectivity index (χ1n) is 6.75. The molecule has 22 heavy (non-hydrogen) atoms. The van der Waals surface area contributed by atoms with Crippen LogP contribution in [0.4, 0.5) is 14.5 Å². The van der Waals surface area contributed by atoms with Gasteiger partial charge in [0.25, 0.3) is 0 Å². The maximum Gasteiger partial charge on any atom is 0.222 e. The molecular weight excluding hydrogens is 310 g/mol. The van der Waals surface area contributed by atoms with Crippen LogP contribution in [0.2, 0.25) is 5.02 Å². The van der Waals surface area contributed by atoms with Gasteiger partial charge in [0.2, 0.25) is 5.91 Å². The Hall–Kier alpha value is -2.14. The van der Waals surface area contributed by atoms with E-state index in [1.807, 2.05) is 18.2 Å². The lowest BCUT2D eigenvalue weighted by atomic mass is 10.2. The lowest BCUT2D eigenvalue weighted by molar-refractivity contribution is -0.121. The summed E-state index contributed by atoms with van der Waals surface area (Å²) in [6.07, 6.45) is 0.168. The van der Waals surface area contributed by atoms with Gasteiger partial charge in [0.05, 0.1) is 5.69 Å². The summed E-state index contributed by atoms with van der Waals surface area (Å²) in [7, 11) is 0. The molecule has 0 unspecified atom stereocenters. The lowest BCUT2D eigenvalue weighted by Gasteiger charge is -2.09. The normalized spacial score (nSPS) is 10.3. The second-order valence-electron chi connectivity index (χ2n) is 4.67. The molecular formula is C16H15ClF2N2O. The third-order valence-corrected chi connectivity index (χ3v) is 3.40. The molecule has 2 rings (SSSR count). The van der Waals surface area contributed by atoms with Crippen molar-refractivity contribution in [1.29, 1.82) is 0 Å². The first-order chi connectivity index (χ1) is 10.6. The van der Waals surface area contributed by atoms with Gasteiger partial charge < -0.3 is 10.6 Å². The van der Waals surface area contributed by atoms with Crippen molar-refractivity contribution >= 4 is 23.2 Å². The molecule has 0 atom stereocenters. The van der Waals surface area contributed by atoms with Gasteiger partial charge in [-0.3, -0.25) is 4.79 Å². The number of halogens is 3. The van der Waals surface area contributed by atoms with Crippen LogP contribution in [0.1, 0.15) is 12.0 Å². The van der Waals surface area contributed by atoms with E-state index in [0.29, 0.717) is 11.6 Å². The predicted octanol–water partition coefficient (Wildman–Crippen LogP) is 3.74. The van der Waals surface area contributed by atoms with Crippen molar-refractivity contribution in [3.05, 3.63) is 64.7 Å². The maximum absolute atomic E-state index is 13.4. The van der Waals surface area contributed by atoms with Crippen LogP contribution in [0.15, 0.2) is 42.5 Å². The Labute approximate surface area is 132 Å². The first kappa shape index (κ1) is 16.2. The molecule has 2 aromatic carbocycles. The summed E-state index contributed by atoms with van der Waals surface area (Å²) in [5.74, 6) is -1.51. The van der Waals surface area contributed by atoms with Gasteiger partial charge in [-0.25, -0.2) is 8.78 Å². The quantitative estimate of drug-likeness (QED) is 0.850. The van der Waals surface area contributed by atoms with E-state index < -0.39 is 11.6 Å². The van der Waals surface area contributed by atoms with Gasteiger partial charge in [-0.1, -0.05) is 29.8 Å². The predicted molar refractivity (Wildman–Crippen MR) is 82.8 cm³/mol. The fourth-order valence-corrected chi connectivity index (χ4v) is 2.07. The van der Waals surface area contributed by atoms with E-state index in [4.69, 9.17) is 11.6 Å². The molecule has 2 N–H and O–H groups in total. The van der Waals surface area contributed by atoms with Crippen molar-refractivity contribution in [1.82, 2.24) is 5.32 Å². The van der Waals surface area contributed by atoms with Crippen molar-refractivity contribution in [2.45, 2.75) is 13.0 Å². The largest absolute Gasteiger partial charge is 0.382 e. The zero-order valence-electron chi connectivity index (χ0n) is 11.7. The topological polar surface area (TPSA) is 41.1 Å². The van der Waals surface area contributed by atoms with Crippen LogP contribution >= 0.6 is 11.6 Å². The van der Waals surface area contributed by atoms with Crippen molar-refractivity contribution in [2.75, 3.05) is 11.9 Å². The van der Waals surface area contributed by atoms with Crippen LogP contribution in [0.5, 0.6) is 0 Å². The summed E-state index contributed by atoms with van der Waals surface area (Å²) >= 11 is 5.99. The lowest BCUT2D eigenvalue weighted by Crippen LogP contribution is -2.25. The molecule has 0 fully saturated rings. The number of carbonyl (C=O) groups excluding carboxylic acids is 1. The number of hydrogen-bond donors (Lipinski definition) is 2. The Morgan fingerprint density at radius 2 is 1.91 bits per heavy atom. The van der Waals surface area contributed by atoms with E-state index in [-0.39, 0.29) is 24.6 Å². The Bertz CT molecular complexity index is 664. The minimum absolute atomic E-state index is 0.167. The van der Waals surface area contributed by atoms with E-state index in [2.05, 4.69) is 10.6 Å². The standard InChI is InChI=1S/C16H15ClF2N2O/c17-13-4-2-1-3-11(13)10-21-16(22)7-8-20-15-6-5-12(18)9-14(15)19/h1-6,9,20H,7-8,10H2,(H,21,22). The summed E-state index contributed by atoms with van der Waals surface area (Å²) in [5.41, 5.74) is 0.996. The summed E-state index contributed by atoms with van der Waals surface area (Å²) in [6.45, 7) is 0.584. The molecule has 116 valence electrons. The van der Waals surface area contributed by atoms with Crippen LogP contribution in [0.25, 0.3) is 0 Å². The highest BCUT2D eigenvalue weighted by atomic mass is 35.5. The van der Waals surface area contributed by atoms with Gasteiger partial charge in [-0.15, -0.1) is 0 Å². The van der Waals surface area contributed by atoms with Crippen molar-refractivity contribution in [3.8, 4) is 0 Å².